The van der Waals surface area contributed by atoms with Crippen LogP contribution in [0.3, 0.4) is 0 Å². The number of halogens is 2. The van der Waals surface area contributed by atoms with Gasteiger partial charge in [-0.3, -0.25) is 4.99 Å². The van der Waals surface area contributed by atoms with Gasteiger partial charge in [-0.2, -0.15) is 8.78 Å². The molecule has 2 N–H and O–H groups in total. The molecule has 0 amide bonds. The van der Waals surface area contributed by atoms with E-state index in [9.17, 15) is 8.78 Å². The van der Waals surface area contributed by atoms with Crippen molar-refractivity contribution in [1.29, 1.82) is 0 Å². The maximum atomic E-state index is 12.2. The fourth-order valence-electron chi connectivity index (χ4n) is 1.97. The van der Waals surface area contributed by atoms with Crippen molar-refractivity contribution in [2.24, 2.45) is 4.99 Å². The van der Waals surface area contributed by atoms with Crippen LogP contribution in [0.2, 0.25) is 0 Å². The summed E-state index contributed by atoms with van der Waals surface area (Å²) in [6.07, 6.45) is 3.12. The summed E-state index contributed by atoms with van der Waals surface area (Å²) in [6, 6.07) is 6.59. The first-order valence-corrected chi connectivity index (χ1v) is 8.21. The van der Waals surface area contributed by atoms with Crippen molar-refractivity contribution < 1.29 is 18.3 Å². The van der Waals surface area contributed by atoms with Gasteiger partial charge in [0, 0.05) is 33.4 Å². The molecule has 5 nitrogen and oxygen atoms in total. The minimum Gasteiger partial charge on any atom is -0.435 e. The molecule has 1 aromatic rings. The number of guanidine groups is 1. The minimum absolute atomic E-state index is 0.150. The number of hydrogen-bond donors (Lipinski definition) is 2. The van der Waals surface area contributed by atoms with Crippen LogP contribution in [0, 0.1) is 0 Å². The summed E-state index contributed by atoms with van der Waals surface area (Å²) in [4.78, 5) is 4.12. The third-order valence-corrected chi connectivity index (χ3v) is 3.21. The Labute approximate surface area is 142 Å². The summed E-state index contributed by atoms with van der Waals surface area (Å²) in [5.74, 6) is 0.806. The van der Waals surface area contributed by atoms with Gasteiger partial charge in [-0.25, -0.2) is 0 Å². The quantitative estimate of drug-likeness (QED) is 0.368. The first kappa shape index (κ1) is 20.2. The summed E-state index contributed by atoms with van der Waals surface area (Å²) in [5.41, 5.74) is 0.832. The summed E-state index contributed by atoms with van der Waals surface area (Å²) >= 11 is 0. The Hall–Kier alpha value is -1.89. The van der Waals surface area contributed by atoms with Crippen molar-refractivity contribution in [2.75, 3.05) is 26.8 Å². The second-order valence-electron chi connectivity index (χ2n) is 5.20. The number of ether oxygens (including phenoxy) is 2. The molecule has 0 atom stereocenters. The predicted octanol–water partition coefficient (Wildman–Crippen LogP) is 3.16. The lowest BCUT2D eigenvalue weighted by Gasteiger charge is -2.13. The monoisotopic (exact) mass is 343 g/mol. The number of nitrogens with zero attached hydrogens (tertiary/aromatic N) is 1. The van der Waals surface area contributed by atoms with E-state index in [1.165, 1.54) is 6.07 Å². The first-order chi connectivity index (χ1) is 11.7. The fraction of sp³-hybridized carbons (Fsp3) is 0.588. The molecule has 24 heavy (non-hydrogen) atoms. The average molecular weight is 343 g/mol. The van der Waals surface area contributed by atoms with Crippen molar-refractivity contribution in [1.82, 2.24) is 10.6 Å². The van der Waals surface area contributed by atoms with Gasteiger partial charge in [-0.05, 0) is 30.5 Å². The molecule has 136 valence electrons. The van der Waals surface area contributed by atoms with Gasteiger partial charge in [0.05, 0.1) is 0 Å². The van der Waals surface area contributed by atoms with Crippen LogP contribution in [0.4, 0.5) is 8.78 Å². The number of benzene rings is 1. The third-order valence-electron chi connectivity index (χ3n) is 3.21. The summed E-state index contributed by atoms with van der Waals surface area (Å²) in [5, 5.41) is 6.32. The van der Waals surface area contributed by atoms with Gasteiger partial charge in [0.15, 0.2) is 5.96 Å². The SMILES string of the molecule is CCCCOCCCNC(=NC)NCc1cccc(OC(F)F)c1. The van der Waals surface area contributed by atoms with Crippen LogP contribution in [0.25, 0.3) is 0 Å². The molecule has 0 aliphatic carbocycles. The van der Waals surface area contributed by atoms with Crippen LogP contribution >= 0.6 is 0 Å². The number of nitrogens with one attached hydrogen (secondary N) is 2. The number of rotatable bonds is 11. The Morgan fingerprint density at radius 1 is 1.21 bits per heavy atom. The number of hydrogen-bond acceptors (Lipinski definition) is 3. The lowest BCUT2D eigenvalue weighted by molar-refractivity contribution is -0.0498. The average Bonchev–Trinajstić information content (AvgIpc) is 2.56. The zero-order valence-electron chi connectivity index (χ0n) is 14.4. The second-order valence-corrected chi connectivity index (χ2v) is 5.20. The van der Waals surface area contributed by atoms with E-state index in [-0.39, 0.29) is 5.75 Å². The van der Waals surface area contributed by atoms with Gasteiger partial charge in [-0.1, -0.05) is 25.5 Å². The van der Waals surface area contributed by atoms with Crippen LogP contribution in [0.15, 0.2) is 29.3 Å². The van der Waals surface area contributed by atoms with E-state index >= 15 is 0 Å². The number of alkyl halides is 2. The van der Waals surface area contributed by atoms with Gasteiger partial charge >= 0.3 is 6.61 Å². The molecule has 1 aromatic carbocycles. The van der Waals surface area contributed by atoms with Crippen LogP contribution in [-0.4, -0.2) is 39.4 Å². The Morgan fingerprint density at radius 2 is 2.00 bits per heavy atom. The highest BCUT2D eigenvalue weighted by Crippen LogP contribution is 2.15. The van der Waals surface area contributed by atoms with E-state index < -0.39 is 6.61 Å². The van der Waals surface area contributed by atoms with Crippen molar-refractivity contribution in [2.45, 2.75) is 39.3 Å². The van der Waals surface area contributed by atoms with Gasteiger partial charge in [-0.15, -0.1) is 0 Å². The van der Waals surface area contributed by atoms with E-state index in [2.05, 4.69) is 27.3 Å². The Balaban J connectivity index is 2.26. The van der Waals surface area contributed by atoms with E-state index in [0.29, 0.717) is 12.5 Å². The van der Waals surface area contributed by atoms with Crippen LogP contribution in [0.5, 0.6) is 5.75 Å². The standard InChI is InChI=1S/C17H27F2N3O2/c1-3-4-10-23-11-6-9-21-17(20-2)22-13-14-7-5-8-15(12-14)24-16(18)19/h5,7-8,12,16H,3-4,6,9-11,13H2,1-2H3,(H2,20,21,22). The van der Waals surface area contributed by atoms with Crippen molar-refractivity contribution in [3.63, 3.8) is 0 Å². The maximum Gasteiger partial charge on any atom is 0.387 e. The predicted molar refractivity (Wildman–Crippen MR) is 91.6 cm³/mol. The molecule has 0 unspecified atom stereocenters. The van der Waals surface area contributed by atoms with Gasteiger partial charge in [0.2, 0.25) is 0 Å². The molecule has 0 saturated heterocycles. The van der Waals surface area contributed by atoms with Gasteiger partial charge in [0.1, 0.15) is 5.75 Å². The van der Waals surface area contributed by atoms with Crippen LogP contribution in [0.1, 0.15) is 31.7 Å². The van der Waals surface area contributed by atoms with Crippen molar-refractivity contribution >= 4 is 5.96 Å². The number of aliphatic imine (C=N–C) groups is 1. The second kappa shape index (κ2) is 12.5. The topological polar surface area (TPSA) is 54.9 Å². The highest BCUT2D eigenvalue weighted by atomic mass is 19.3. The van der Waals surface area contributed by atoms with E-state index in [1.807, 2.05) is 6.07 Å². The highest BCUT2D eigenvalue weighted by Gasteiger charge is 2.05. The molecule has 0 spiro atoms. The third kappa shape index (κ3) is 9.29. The van der Waals surface area contributed by atoms with Crippen LogP contribution < -0.4 is 15.4 Å². The molecule has 0 heterocycles. The normalized spacial score (nSPS) is 11.6. The largest absolute Gasteiger partial charge is 0.435 e. The van der Waals surface area contributed by atoms with E-state index in [0.717, 1.165) is 44.6 Å². The minimum atomic E-state index is -2.82. The van der Waals surface area contributed by atoms with Gasteiger partial charge < -0.3 is 20.1 Å². The number of unbranched alkanes of at least 4 members (excludes halogenated alkanes) is 1. The van der Waals surface area contributed by atoms with Crippen molar-refractivity contribution in [3.8, 4) is 5.75 Å². The summed E-state index contributed by atoms with van der Waals surface area (Å²) in [6.45, 7) is 2.06. The molecule has 0 aromatic heterocycles. The highest BCUT2D eigenvalue weighted by molar-refractivity contribution is 5.79. The Morgan fingerprint density at radius 3 is 2.71 bits per heavy atom. The molecule has 0 saturated carbocycles. The summed E-state index contributed by atoms with van der Waals surface area (Å²) in [7, 11) is 1.68. The fourth-order valence-corrected chi connectivity index (χ4v) is 1.97. The van der Waals surface area contributed by atoms with E-state index in [4.69, 9.17) is 4.74 Å². The molecule has 0 aliphatic heterocycles. The Kier molecular flexibility index (Phi) is 10.5. The van der Waals surface area contributed by atoms with Crippen LogP contribution in [-0.2, 0) is 11.3 Å². The maximum absolute atomic E-state index is 12.2. The smallest absolute Gasteiger partial charge is 0.387 e. The molecular weight excluding hydrogens is 316 g/mol. The van der Waals surface area contributed by atoms with E-state index in [1.54, 1.807) is 19.2 Å². The zero-order chi connectivity index (χ0) is 17.6. The zero-order valence-corrected chi connectivity index (χ0v) is 14.4. The molecule has 0 radical (unpaired) electrons. The van der Waals surface area contributed by atoms with Crippen molar-refractivity contribution in [3.05, 3.63) is 29.8 Å². The Bertz CT molecular complexity index is 485. The lowest BCUT2D eigenvalue weighted by atomic mass is 10.2. The summed E-state index contributed by atoms with van der Waals surface area (Å²) < 4.78 is 34.3. The first-order valence-electron chi connectivity index (χ1n) is 8.21. The molecule has 0 bridgehead atoms. The lowest BCUT2D eigenvalue weighted by Crippen LogP contribution is -2.37. The molecule has 7 heteroatoms. The molecular formula is C17H27F2N3O2. The van der Waals surface area contributed by atoms with Gasteiger partial charge in [0.25, 0.3) is 0 Å². The molecule has 1 rings (SSSR count). The molecule has 0 aliphatic rings. The molecule has 0 fully saturated rings.